The maximum absolute atomic E-state index is 12.8. The second-order valence-electron chi connectivity index (χ2n) is 6.04. The van der Waals surface area contributed by atoms with E-state index in [1.165, 1.54) is 6.20 Å². The molecule has 1 aliphatic rings. The number of carbonyl (C=O) groups excluding carboxylic acids is 1. The molecule has 0 spiro atoms. The number of alkyl halides is 3. The minimum Gasteiger partial charge on any atom is -0.324 e. The summed E-state index contributed by atoms with van der Waals surface area (Å²) in [5.74, 6) is -2.37. The molecule has 1 aliphatic carbocycles. The Bertz CT molecular complexity index is 725. The molecule has 0 unspecified atom stereocenters. The maximum Gasteiger partial charge on any atom is 0.391 e. The number of pyridine rings is 1. The summed E-state index contributed by atoms with van der Waals surface area (Å²) in [5, 5.41) is 10.2. The molecule has 0 aliphatic heterocycles. The standard InChI is InChI=1S/C15H17F3N4O/c1-8-12-6-11(7-19-13(12)22-21-8)20-14(23)9-3-2-4-10(5-9)15(16,17)18/h6-7,9-10H,2-5H2,1H3,(H,20,23)(H,19,21,22)/t9-,10-/m0/s1. The van der Waals surface area contributed by atoms with Crippen molar-refractivity contribution >= 4 is 22.6 Å². The van der Waals surface area contributed by atoms with E-state index < -0.39 is 18.0 Å². The summed E-state index contributed by atoms with van der Waals surface area (Å²) >= 11 is 0. The van der Waals surface area contributed by atoms with Crippen LogP contribution in [0.25, 0.3) is 11.0 Å². The highest BCUT2D eigenvalue weighted by atomic mass is 19.4. The smallest absolute Gasteiger partial charge is 0.324 e. The first kappa shape index (κ1) is 15.8. The minimum atomic E-state index is -4.23. The van der Waals surface area contributed by atoms with Crippen molar-refractivity contribution in [2.75, 3.05) is 5.32 Å². The third-order valence-electron chi connectivity index (χ3n) is 4.38. The molecule has 2 aromatic heterocycles. The zero-order valence-electron chi connectivity index (χ0n) is 12.6. The molecular weight excluding hydrogens is 309 g/mol. The molecule has 0 bridgehead atoms. The SMILES string of the molecule is Cc1[nH]nc2ncc(NC(=O)[C@H]3CCC[C@H](C(F)(F)F)C3)cc12. The lowest BCUT2D eigenvalue weighted by Gasteiger charge is -2.29. The van der Waals surface area contributed by atoms with Crippen LogP contribution in [0.4, 0.5) is 18.9 Å². The molecule has 5 nitrogen and oxygen atoms in total. The number of H-pyrrole nitrogens is 1. The number of hydrogen-bond donors (Lipinski definition) is 2. The number of nitrogens with zero attached hydrogens (tertiary/aromatic N) is 2. The van der Waals surface area contributed by atoms with Gasteiger partial charge in [0.05, 0.1) is 17.8 Å². The molecule has 124 valence electrons. The van der Waals surface area contributed by atoms with E-state index in [4.69, 9.17) is 0 Å². The Labute approximate surface area is 130 Å². The third kappa shape index (κ3) is 3.30. The minimum absolute atomic E-state index is 0.106. The Morgan fingerprint density at radius 1 is 1.39 bits per heavy atom. The van der Waals surface area contributed by atoms with Gasteiger partial charge < -0.3 is 5.32 Å². The molecule has 2 atom stereocenters. The Kier molecular flexibility index (Phi) is 3.99. The van der Waals surface area contributed by atoms with Gasteiger partial charge in [0, 0.05) is 17.0 Å². The Balaban J connectivity index is 1.71. The van der Waals surface area contributed by atoms with Crippen LogP contribution in [0.3, 0.4) is 0 Å². The predicted molar refractivity (Wildman–Crippen MR) is 78.8 cm³/mol. The fourth-order valence-electron chi connectivity index (χ4n) is 3.06. The molecule has 1 amide bonds. The lowest BCUT2D eigenvalue weighted by molar-refractivity contribution is -0.185. The first-order valence-electron chi connectivity index (χ1n) is 7.53. The highest BCUT2D eigenvalue weighted by molar-refractivity contribution is 5.94. The number of amides is 1. The van der Waals surface area contributed by atoms with E-state index in [1.807, 2.05) is 6.92 Å². The van der Waals surface area contributed by atoms with Crippen LogP contribution in [-0.2, 0) is 4.79 Å². The molecule has 0 saturated heterocycles. The van der Waals surface area contributed by atoms with Crippen molar-refractivity contribution in [1.82, 2.24) is 15.2 Å². The van der Waals surface area contributed by atoms with Gasteiger partial charge in [-0.15, -0.1) is 0 Å². The number of anilines is 1. The van der Waals surface area contributed by atoms with Gasteiger partial charge in [0.15, 0.2) is 5.65 Å². The molecule has 1 fully saturated rings. The fraction of sp³-hybridized carbons (Fsp3) is 0.533. The van der Waals surface area contributed by atoms with Gasteiger partial charge in [0.25, 0.3) is 0 Å². The Hall–Kier alpha value is -2.12. The van der Waals surface area contributed by atoms with Gasteiger partial charge >= 0.3 is 6.18 Å². The monoisotopic (exact) mass is 326 g/mol. The van der Waals surface area contributed by atoms with Crippen molar-refractivity contribution in [2.45, 2.75) is 38.8 Å². The van der Waals surface area contributed by atoms with Crippen molar-refractivity contribution in [1.29, 1.82) is 0 Å². The molecule has 3 rings (SSSR count). The molecule has 1 saturated carbocycles. The normalized spacial score (nSPS) is 22.3. The quantitative estimate of drug-likeness (QED) is 0.886. The van der Waals surface area contributed by atoms with Crippen LogP contribution in [0, 0.1) is 18.8 Å². The number of hydrogen-bond acceptors (Lipinski definition) is 3. The number of nitrogens with one attached hydrogen (secondary N) is 2. The molecule has 2 N–H and O–H groups in total. The number of carbonyl (C=O) groups is 1. The van der Waals surface area contributed by atoms with E-state index in [-0.39, 0.29) is 18.7 Å². The summed E-state index contributed by atoms with van der Waals surface area (Å²) in [4.78, 5) is 16.4. The Morgan fingerprint density at radius 2 is 2.17 bits per heavy atom. The van der Waals surface area contributed by atoms with Crippen molar-refractivity contribution in [2.24, 2.45) is 11.8 Å². The molecule has 2 aromatic rings. The van der Waals surface area contributed by atoms with Crippen molar-refractivity contribution in [3.63, 3.8) is 0 Å². The number of aryl methyl sites for hydroxylation is 1. The van der Waals surface area contributed by atoms with E-state index in [2.05, 4.69) is 20.5 Å². The second-order valence-corrected chi connectivity index (χ2v) is 6.04. The third-order valence-corrected chi connectivity index (χ3v) is 4.38. The molecule has 23 heavy (non-hydrogen) atoms. The van der Waals surface area contributed by atoms with Gasteiger partial charge in [0.2, 0.25) is 5.91 Å². The van der Waals surface area contributed by atoms with E-state index in [0.717, 1.165) is 11.1 Å². The summed E-state index contributed by atoms with van der Waals surface area (Å²) in [6.07, 6.45) is -1.90. The van der Waals surface area contributed by atoms with Crippen LogP contribution >= 0.6 is 0 Å². The van der Waals surface area contributed by atoms with E-state index in [9.17, 15) is 18.0 Å². The van der Waals surface area contributed by atoms with Crippen LogP contribution in [-0.4, -0.2) is 27.3 Å². The van der Waals surface area contributed by atoms with Gasteiger partial charge in [-0.1, -0.05) is 6.42 Å². The van der Waals surface area contributed by atoms with Crippen molar-refractivity contribution in [3.8, 4) is 0 Å². The number of halogens is 3. The zero-order valence-corrected chi connectivity index (χ0v) is 12.6. The maximum atomic E-state index is 12.8. The summed E-state index contributed by atoms with van der Waals surface area (Å²) in [5.41, 5.74) is 1.83. The van der Waals surface area contributed by atoms with Crippen molar-refractivity contribution in [3.05, 3.63) is 18.0 Å². The summed E-state index contributed by atoms with van der Waals surface area (Å²) in [6.45, 7) is 1.83. The van der Waals surface area contributed by atoms with E-state index >= 15 is 0 Å². The van der Waals surface area contributed by atoms with Gasteiger partial charge in [0.1, 0.15) is 0 Å². The van der Waals surface area contributed by atoms with Gasteiger partial charge in [-0.3, -0.25) is 9.89 Å². The van der Waals surface area contributed by atoms with Crippen LogP contribution in [0.5, 0.6) is 0 Å². The van der Waals surface area contributed by atoms with E-state index in [0.29, 0.717) is 24.2 Å². The predicted octanol–water partition coefficient (Wildman–Crippen LogP) is 3.57. The average Bonchev–Trinajstić information content (AvgIpc) is 2.88. The van der Waals surface area contributed by atoms with Gasteiger partial charge in [-0.2, -0.15) is 18.3 Å². The Morgan fingerprint density at radius 3 is 2.91 bits per heavy atom. The first-order valence-corrected chi connectivity index (χ1v) is 7.53. The summed E-state index contributed by atoms with van der Waals surface area (Å²) in [7, 11) is 0. The molecule has 0 aromatic carbocycles. The van der Waals surface area contributed by atoms with Crippen molar-refractivity contribution < 1.29 is 18.0 Å². The molecule has 8 heteroatoms. The average molecular weight is 326 g/mol. The number of aromatic amines is 1. The van der Waals surface area contributed by atoms with Crippen LogP contribution in [0.1, 0.15) is 31.4 Å². The summed E-state index contributed by atoms with van der Waals surface area (Å²) in [6, 6.07) is 1.73. The summed E-state index contributed by atoms with van der Waals surface area (Å²) < 4.78 is 38.5. The first-order chi connectivity index (χ1) is 10.8. The van der Waals surface area contributed by atoms with Gasteiger partial charge in [-0.05, 0) is 32.3 Å². The second kappa shape index (κ2) is 5.82. The molecule has 2 heterocycles. The van der Waals surface area contributed by atoms with E-state index in [1.54, 1.807) is 6.07 Å². The number of rotatable bonds is 2. The zero-order chi connectivity index (χ0) is 16.6. The topological polar surface area (TPSA) is 70.7 Å². The fourth-order valence-corrected chi connectivity index (χ4v) is 3.06. The number of fused-ring (bicyclic) bond motifs is 1. The molecular formula is C15H17F3N4O. The number of aromatic nitrogens is 3. The molecule has 0 radical (unpaired) electrons. The largest absolute Gasteiger partial charge is 0.391 e. The van der Waals surface area contributed by atoms with Crippen LogP contribution in [0.15, 0.2) is 12.3 Å². The lowest BCUT2D eigenvalue weighted by Crippen LogP contribution is -2.34. The van der Waals surface area contributed by atoms with Gasteiger partial charge in [-0.25, -0.2) is 4.98 Å². The lowest BCUT2D eigenvalue weighted by atomic mass is 9.80. The highest BCUT2D eigenvalue weighted by Crippen LogP contribution is 2.40. The highest BCUT2D eigenvalue weighted by Gasteiger charge is 2.43. The van der Waals surface area contributed by atoms with Crippen LogP contribution < -0.4 is 5.32 Å². The van der Waals surface area contributed by atoms with Crippen LogP contribution in [0.2, 0.25) is 0 Å².